The van der Waals surface area contributed by atoms with Gasteiger partial charge >= 0.3 is 11.9 Å². The molecule has 0 saturated carbocycles. The number of thioether (sulfide) groups is 2. The van der Waals surface area contributed by atoms with E-state index in [2.05, 4.69) is 15.5 Å². The molecule has 3 aromatic rings. The van der Waals surface area contributed by atoms with Crippen molar-refractivity contribution < 1.29 is 44.4 Å². The predicted octanol–water partition coefficient (Wildman–Crippen LogP) is 1.05. The fraction of sp³-hybridized carbons (Fsp3) is 0.208. The van der Waals surface area contributed by atoms with Gasteiger partial charge in [0.15, 0.2) is 27.8 Å². The van der Waals surface area contributed by atoms with Crippen LogP contribution in [-0.2, 0) is 24.0 Å². The lowest BCUT2D eigenvalue weighted by atomic mass is 10.0. The maximum Gasteiger partial charge on any atom is 0.352 e. The van der Waals surface area contributed by atoms with Crippen LogP contribution >= 0.6 is 46.2 Å². The number of nitrogens with zero attached hydrogens (tertiary/aromatic N) is 3. The zero-order valence-corrected chi connectivity index (χ0v) is 24.6. The molecule has 0 spiro atoms. The Kier molecular flexibility index (Phi) is 8.49. The number of rotatable bonds is 10. The number of hydrogen-bond donors (Lipinski definition) is 6. The lowest BCUT2D eigenvalue weighted by molar-refractivity contribution is -0.150. The van der Waals surface area contributed by atoms with Crippen molar-refractivity contribution in [3.63, 3.8) is 0 Å². The van der Waals surface area contributed by atoms with Crippen molar-refractivity contribution in [3.8, 4) is 11.5 Å². The third-order valence-corrected chi connectivity index (χ3v) is 10.4. The molecule has 7 N–H and O–H groups in total. The quantitative estimate of drug-likeness (QED) is 0.0583. The third-order valence-electron chi connectivity index (χ3n) is 6.05. The standard InChI is InChI=1S/C24H19N5O10S4/c25-24-26-10(7-42-24)17(28-39-4-15(33)34)20(35)27-18-21(36)29-19(23(37)38)8(6-41-22(18)29)5-40-16-3-11(30)9-1-12(31)13(32)2-14(9)43-16/h1-3,7,18,22,31-32H,4-6H2,(H2,25,26)(H,27,35)(H,33,34)(H,37,38)/b28-17-/t18-,22-/m1/s1. The van der Waals surface area contributed by atoms with Gasteiger partial charge in [0.25, 0.3) is 11.8 Å². The lowest BCUT2D eigenvalue weighted by Crippen LogP contribution is -2.71. The Bertz CT molecular complexity index is 1800. The number of amides is 2. The Balaban J connectivity index is 1.32. The van der Waals surface area contributed by atoms with E-state index in [0.29, 0.717) is 14.5 Å². The highest BCUT2D eigenvalue weighted by Crippen LogP contribution is 2.42. The van der Waals surface area contributed by atoms with Crippen molar-refractivity contribution >= 4 is 90.9 Å². The van der Waals surface area contributed by atoms with E-state index in [4.69, 9.17) is 15.7 Å². The van der Waals surface area contributed by atoms with Gasteiger partial charge in [0, 0.05) is 39.1 Å². The fourth-order valence-corrected chi connectivity index (χ4v) is 8.42. The molecule has 0 aliphatic carbocycles. The summed E-state index contributed by atoms with van der Waals surface area (Å²) in [5.74, 6) is -4.71. The average Bonchev–Trinajstić information content (AvgIpc) is 3.38. The number of fused-ring (bicyclic) bond motifs is 2. The van der Waals surface area contributed by atoms with Crippen molar-refractivity contribution in [3.05, 3.63) is 50.8 Å². The zero-order chi connectivity index (χ0) is 31.0. The molecule has 0 bridgehead atoms. The van der Waals surface area contributed by atoms with Crippen molar-refractivity contribution in [2.24, 2.45) is 5.16 Å². The Morgan fingerprint density at radius 2 is 1.93 bits per heavy atom. The summed E-state index contributed by atoms with van der Waals surface area (Å²) in [6.07, 6.45) is 0. The lowest BCUT2D eigenvalue weighted by Gasteiger charge is -2.49. The monoisotopic (exact) mass is 665 g/mol. The van der Waals surface area contributed by atoms with Gasteiger partial charge < -0.3 is 36.3 Å². The van der Waals surface area contributed by atoms with Gasteiger partial charge in [0.2, 0.25) is 6.61 Å². The van der Waals surface area contributed by atoms with Gasteiger partial charge in [-0.05, 0) is 11.6 Å². The largest absolute Gasteiger partial charge is 0.504 e. The van der Waals surface area contributed by atoms with E-state index < -0.39 is 53.2 Å². The second-order valence-electron chi connectivity index (χ2n) is 8.85. The highest BCUT2D eigenvalue weighted by Gasteiger charge is 2.54. The van der Waals surface area contributed by atoms with E-state index in [1.54, 1.807) is 0 Å². The van der Waals surface area contributed by atoms with Crippen LogP contribution in [0.4, 0.5) is 5.13 Å². The molecule has 43 heavy (non-hydrogen) atoms. The number of carbonyl (C=O) groups is 4. The molecule has 2 aromatic heterocycles. The van der Waals surface area contributed by atoms with Crippen molar-refractivity contribution in [2.45, 2.75) is 15.6 Å². The van der Waals surface area contributed by atoms with Gasteiger partial charge in [-0.1, -0.05) is 5.16 Å². The molecule has 1 fully saturated rings. The maximum atomic E-state index is 13.1. The average molecular weight is 666 g/mol. The number of thiazole rings is 1. The summed E-state index contributed by atoms with van der Waals surface area (Å²) >= 11 is 4.59. The molecule has 2 atom stereocenters. The summed E-state index contributed by atoms with van der Waals surface area (Å²) in [7, 11) is 0. The number of aliphatic carboxylic acids is 2. The van der Waals surface area contributed by atoms with Crippen LogP contribution in [-0.4, -0.2) is 89.3 Å². The molecule has 2 amide bonds. The molecule has 0 unspecified atom stereocenters. The maximum absolute atomic E-state index is 13.1. The van der Waals surface area contributed by atoms with Gasteiger partial charge in [0.05, 0.1) is 4.21 Å². The minimum Gasteiger partial charge on any atom is -0.504 e. The normalized spacial score (nSPS) is 18.3. The number of anilines is 1. The zero-order valence-electron chi connectivity index (χ0n) is 21.4. The highest BCUT2D eigenvalue weighted by molar-refractivity contribution is 8.02. The summed E-state index contributed by atoms with van der Waals surface area (Å²) < 4.78 is 0.968. The first kappa shape index (κ1) is 30.1. The number of carboxylic acids is 2. The number of aromatic hydroxyl groups is 2. The number of nitrogen functional groups attached to an aromatic ring is 1. The van der Waals surface area contributed by atoms with Crippen LogP contribution in [0.2, 0.25) is 0 Å². The van der Waals surface area contributed by atoms with Crippen molar-refractivity contribution in [2.75, 3.05) is 23.8 Å². The number of hydrogen-bond acceptors (Lipinski definition) is 15. The van der Waals surface area contributed by atoms with Crippen LogP contribution in [0.3, 0.4) is 0 Å². The van der Waals surface area contributed by atoms with Crippen LogP contribution in [0.25, 0.3) is 10.1 Å². The van der Waals surface area contributed by atoms with E-state index in [0.717, 1.165) is 16.2 Å². The second kappa shape index (κ2) is 12.1. The third kappa shape index (κ3) is 6.10. The number of oxime groups is 1. The first-order chi connectivity index (χ1) is 20.4. The van der Waals surface area contributed by atoms with Gasteiger partial charge in [-0.15, -0.1) is 46.2 Å². The number of phenols is 2. The van der Waals surface area contributed by atoms with E-state index in [1.165, 1.54) is 58.4 Å². The second-order valence-corrected chi connectivity index (χ2v) is 13.2. The number of benzene rings is 1. The van der Waals surface area contributed by atoms with Crippen LogP contribution in [0.5, 0.6) is 11.5 Å². The molecule has 19 heteroatoms. The van der Waals surface area contributed by atoms with E-state index in [9.17, 15) is 39.3 Å². The van der Waals surface area contributed by atoms with Gasteiger partial charge in [0.1, 0.15) is 22.8 Å². The molecule has 5 rings (SSSR count). The topological polar surface area (TPSA) is 242 Å². The molecule has 2 aliphatic rings. The van der Waals surface area contributed by atoms with Gasteiger partial charge in [-0.25, -0.2) is 14.6 Å². The number of nitrogens with one attached hydrogen (secondary N) is 1. The molecule has 15 nitrogen and oxygen atoms in total. The fourth-order valence-electron chi connectivity index (χ4n) is 4.14. The van der Waals surface area contributed by atoms with E-state index in [1.807, 2.05) is 0 Å². The Morgan fingerprint density at radius 1 is 1.19 bits per heavy atom. The highest BCUT2D eigenvalue weighted by atomic mass is 32.2. The summed E-state index contributed by atoms with van der Waals surface area (Å²) in [5.41, 5.74) is 5.03. The summed E-state index contributed by atoms with van der Waals surface area (Å²) in [6, 6.07) is 2.69. The molecule has 2 aliphatic heterocycles. The summed E-state index contributed by atoms with van der Waals surface area (Å²) in [6.45, 7) is -0.833. The van der Waals surface area contributed by atoms with Crippen LogP contribution in [0, 0.1) is 0 Å². The summed E-state index contributed by atoms with van der Waals surface area (Å²) in [5, 5.41) is 45.3. The Morgan fingerprint density at radius 3 is 2.60 bits per heavy atom. The molecule has 224 valence electrons. The molecule has 0 radical (unpaired) electrons. The van der Waals surface area contributed by atoms with Crippen LogP contribution in [0.1, 0.15) is 5.69 Å². The van der Waals surface area contributed by atoms with E-state index >= 15 is 0 Å². The molecule has 1 aromatic carbocycles. The molecule has 1 saturated heterocycles. The number of phenolic OH excluding ortho intramolecular Hbond substituents is 2. The SMILES string of the molecule is Nc1nc(/C(=N/OCC(=O)O)C(=O)N[C@@H]2C(=O)N3C(C(=O)O)=C(CSc4cc(=O)c5cc(O)c(O)cc5s4)CS[C@H]23)cs1. The number of carbonyl (C=O) groups excluding carboxylic acids is 2. The van der Waals surface area contributed by atoms with E-state index in [-0.39, 0.29) is 44.6 Å². The Labute approximate surface area is 256 Å². The first-order valence-electron chi connectivity index (χ1n) is 11.9. The van der Waals surface area contributed by atoms with Crippen LogP contribution < -0.4 is 16.5 Å². The molecular formula is C24H19N5O10S4. The number of nitrogens with two attached hydrogens (primary N) is 1. The number of aromatic nitrogens is 1. The summed E-state index contributed by atoms with van der Waals surface area (Å²) in [4.78, 5) is 71.5. The van der Waals surface area contributed by atoms with Crippen molar-refractivity contribution in [1.82, 2.24) is 15.2 Å². The number of β-lactam (4-membered cyclic amide) rings is 1. The first-order valence-corrected chi connectivity index (χ1v) is 15.6. The minimum atomic E-state index is -1.34. The predicted molar refractivity (Wildman–Crippen MR) is 158 cm³/mol. The molecule has 4 heterocycles. The van der Waals surface area contributed by atoms with Crippen LogP contribution in [0.15, 0.2) is 49.0 Å². The number of carboxylic acid groups (broad SMARTS) is 2. The minimum absolute atomic E-state index is 0.00116. The van der Waals surface area contributed by atoms with Gasteiger partial charge in [-0.3, -0.25) is 19.3 Å². The Hall–Kier alpha value is -4.33. The molecular weight excluding hydrogens is 647 g/mol. The smallest absolute Gasteiger partial charge is 0.352 e. The van der Waals surface area contributed by atoms with Gasteiger partial charge in [-0.2, -0.15) is 0 Å². The van der Waals surface area contributed by atoms with Crippen molar-refractivity contribution in [1.29, 1.82) is 0 Å².